The normalized spacial score (nSPS) is 10.8. The standard InChI is InChI=1S/C25H21NO4/c1-17-4-8-19(9-5-17)25(27)30-22-11-6-18(7-12-22)14-21(16-26)20-10-13-23(28-2)24(15-20)29-3/h4-15H,1-3H3/b21-14-. The molecule has 0 heterocycles. The number of carbonyl (C=O) groups excluding carboxylic acids is 1. The molecule has 0 saturated heterocycles. The summed E-state index contributed by atoms with van der Waals surface area (Å²) < 4.78 is 16.0. The molecule has 0 aliphatic carbocycles. The van der Waals surface area contributed by atoms with Crippen LogP contribution in [0, 0.1) is 18.3 Å². The minimum Gasteiger partial charge on any atom is -0.493 e. The molecular formula is C25H21NO4. The van der Waals surface area contributed by atoms with Crippen LogP contribution < -0.4 is 14.2 Å². The molecule has 30 heavy (non-hydrogen) atoms. The number of nitriles is 1. The molecule has 0 fully saturated rings. The maximum atomic E-state index is 12.2. The van der Waals surface area contributed by atoms with E-state index in [1.165, 1.54) is 0 Å². The van der Waals surface area contributed by atoms with Crippen LogP contribution in [-0.4, -0.2) is 20.2 Å². The summed E-state index contributed by atoms with van der Waals surface area (Å²) in [7, 11) is 3.11. The van der Waals surface area contributed by atoms with Gasteiger partial charge in [0.25, 0.3) is 0 Å². The molecule has 0 spiro atoms. The van der Waals surface area contributed by atoms with E-state index in [9.17, 15) is 10.1 Å². The van der Waals surface area contributed by atoms with Gasteiger partial charge >= 0.3 is 5.97 Å². The Morgan fingerprint density at radius 1 is 0.867 bits per heavy atom. The average Bonchev–Trinajstić information content (AvgIpc) is 2.78. The summed E-state index contributed by atoms with van der Waals surface area (Å²) in [5.74, 6) is 1.16. The van der Waals surface area contributed by atoms with E-state index in [1.807, 2.05) is 19.1 Å². The fraction of sp³-hybridized carbons (Fsp3) is 0.120. The number of esters is 1. The van der Waals surface area contributed by atoms with Gasteiger partial charge in [-0.05, 0) is 66.6 Å². The van der Waals surface area contributed by atoms with Crippen molar-refractivity contribution in [2.24, 2.45) is 0 Å². The van der Waals surface area contributed by atoms with E-state index in [0.717, 1.165) is 11.1 Å². The molecule has 5 nitrogen and oxygen atoms in total. The van der Waals surface area contributed by atoms with Crippen molar-refractivity contribution in [1.82, 2.24) is 0 Å². The lowest BCUT2D eigenvalue weighted by molar-refractivity contribution is 0.0734. The van der Waals surface area contributed by atoms with E-state index in [2.05, 4.69) is 6.07 Å². The summed E-state index contributed by atoms with van der Waals surface area (Å²) in [5, 5.41) is 9.59. The lowest BCUT2D eigenvalue weighted by Crippen LogP contribution is -2.08. The van der Waals surface area contributed by atoms with Gasteiger partial charge < -0.3 is 14.2 Å². The highest BCUT2D eigenvalue weighted by Gasteiger charge is 2.10. The zero-order chi connectivity index (χ0) is 21.5. The van der Waals surface area contributed by atoms with Crippen molar-refractivity contribution < 1.29 is 19.0 Å². The molecule has 3 aromatic rings. The SMILES string of the molecule is COc1ccc(/C(C#N)=C\c2ccc(OC(=O)c3ccc(C)cc3)cc2)cc1OC. The predicted molar refractivity (Wildman–Crippen MR) is 116 cm³/mol. The smallest absolute Gasteiger partial charge is 0.343 e. The van der Waals surface area contributed by atoms with Crippen molar-refractivity contribution in [3.05, 3.63) is 89.0 Å². The Labute approximate surface area is 175 Å². The Kier molecular flexibility index (Phi) is 6.51. The van der Waals surface area contributed by atoms with Crippen LogP contribution in [0.2, 0.25) is 0 Å². The molecule has 0 amide bonds. The van der Waals surface area contributed by atoms with Crippen LogP contribution in [0.1, 0.15) is 27.0 Å². The molecule has 3 rings (SSSR count). The molecule has 3 aromatic carbocycles. The van der Waals surface area contributed by atoms with Crippen LogP contribution in [0.4, 0.5) is 0 Å². The van der Waals surface area contributed by atoms with Gasteiger partial charge in [-0.2, -0.15) is 5.26 Å². The van der Waals surface area contributed by atoms with E-state index in [1.54, 1.807) is 74.9 Å². The molecule has 0 N–H and O–H groups in total. The molecule has 5 heteroatoms. The first-order chi connectivity index (χ1) is 14.5. The third-order valence-electron chi connectivity index (χ3n) is 4.50. The number of methoxy groups -OCH3 is 2. The van der Waals surface area contributed by atoms with Gasteiger partial charge in [0.2, 0.25) is 0 Å². The summed E-state index contributed by atoms with van der Waals surface area (Å²) in [6.07, 6.45) is 1.76. The van der Waals surface area contributed by atoms with Gasteiger partial charge in [0.1, 0.15) is 5.75 Å². The number of hydrogen-bond donors (Lipinski definition) is 0. The predicted octanol–water partition coefficient (Wildman–Crippen LogP) is 5.30. The topological polar surface area (TPSA) is 68.5 Å². The molecule has 150 valence electrons. The summed E-state index contributed by atoms with van der Waals surface area (Å²) in [6.45, 7) is 1.96. The second-order valence-corrected chi connectivity index (χ2v) is 6.56. The first kappa shape index (κ1) is 20.7. The zero-order valence-corrected chi connectivity index (χ0v) is 17.0. The number of nitrogens with zero attached hydrogens (tertiary/aromatic N) is 1. The highest BCUT2D eigenvalue weighted by molar-refractivity contribution is 5.92. The van der Waals surface area contributed by atoms with E-state index in [4.69, 9.17) is 14.2 Å². The van der Waals surface area contributed by atoms with Gasteiger partial charge in [0, 0.05) is 0 Å². The first-order valence-electron chi connectivity index (χ1n) is 9.27. The van der Waals surface area contributed by atoms with Crippen LogP contribution in [0.3, 0.4) is 0 Å². The Bertz CT molecular complexity index is 1110. The molecule has 0 saturated carbocycles. The van der Waals surface area contributed by atoms with Crippen molar-refractivity contribution in [3.63, 3.8) is 0 Å². The maximum Gasteiger partial charge on any atom is 0.343 e. The first-order valence-corrected chi connectivity index (χ1v) is 9.27. The second-order valence-electron chi connectivity index (χ2n) is 6.56. The van der Waals surface area contributed by atoms with Gasteiger partial charge in [-0.1, -0.05) is 29.8 Å². The Balaban J connectivity index is 1.78. The van der Waals surface area contributed by atoms with Gasteiger partial charge in [-0.3, -0.25) is 0 Å². The van der Waals surface area contributed by atoms with Crippen LogP contribution in [-0.2, 0) is 0 Å². The minimum atomic E-state index is -0.415. The van der Waals surface area contributed by atoms with Crippen LogP contribution in [0.5, 0.6) is 17.2 Å². The van der Waals surface area contributed by atoms with Crippen molar-refractivity contribution >= 4 is 17.6 Å². The largest absolute Gasteiger partial charge is 0.493 e. The van der Waals surface area contributed by atoms with Gasteiger partial charge in [0.15, 0.2) is 11.5 Å². The summed E-state index contributed by atoms with van der Waals surface area (Å²) in [6, 6.07) is 21.7. The van der Waals surface area contributed by atoms with Gasteiger partial charge in [-0.25, -0.2) is 4.79 Å². The molecule has 0 aliphatic rings. The van der Waals surface area contributed by atoms with E-state index in [0.29, 0.717) is 33.9 Å². The minimum absolute atomic E-state index is 0.415. The summed E-state index contributed by atoms with van der Waals surface area (Å²) in [4.78, 5) is 12.2. The molecular weight excluding hydrogens is 378 g/mol. The molecule has 0 bridgehead atoms. The van der Waals surface area contributed by atoms with Crippen molar-refractivity contribution in [1.29, 1.82) is 5.26 Å². The van der Waals surface area contributed by atoms with Crippen LogP contribution >= 0.6 is 0 Å². The quantitative estimate of drug-likeness (QED) is 0.244. The Hall–Kier alpha value is -4.04. The number of rotatable bonds is 6. The lowest BCUT2D eigenvalue weighted by atomic mass is 10.0. The van der Waals surface area contributed by atoms with Crippen LogP contribution in [0.25, 0.3) is 11.6 Å². The second kappa shape index (κ2) is 9.44. The highest BCUT2D eigenvalue weighted by atomic mass is 16.5. The maximum absolute atomic E-state index is 12.2. The molecule has 0 aliphatic heterocycles. The molecule has 0 atom stereocenters. The van der Waals surface area contributed by atoms with E-state index < -0.39 is 5.97 Å². The Morgan fingerprint density at radius 3 is 2.10 bits per heavy atom. The fourth-order valence-corrected chi connectivity index (χ4v) is 2.84. The molecule has 0 aromatic heterocycles. The monoisotopic (exact) mass is 399 g/mol. The van der Waals surface area contributed by atoms with E-state index in [-0.39, 0.29) is 0 Å². The van der Waals surface area contributed by atoms with Gasteiger partial charge in [0.05, 0.1) is 31.4 Å². The zero-order valence-electron chi connectivity index (χ0n) is 17.0. The fourth-order valence-electron chi connectivity index (χ4n) is 2.84. The van der Waals surface area contributed by atoms with Crippen molar-refractivity contribution in [3.8, 4) is 23.3 Å². The van der Waals surface area contributed by atoms with Crippen molar-refractivity contribution in [2.45, 2.75) is 6.92 Å². The highest BCUT2D eigenvalue weighted by Crippen LogP contribution is 2.31. The number of carbonyl (C=O) groups is 1. The van der Waals surface area contributed by atoms with Crippen LogP contribution in [0.15, 0.2) is 66.7 Å². The third-order valence-corrected chi connectivity index (χ3v) is 4.50. The number of benzene rings is 3. The third kappa shape index (κ3) is 4.86. The average molecular weight is 399 g/mol. The summed E-state index contributed by atoms with van der Waals surface area (Å²) in [5.41, 5.74) is 3.55. The molecule has 0 unspecified atom stereocenters. The Morgan fingerprint density at radius 2 is 1.50 bits per heavy atom. The number of hydrogen-bond acceptors (Lipinski definition) is 5. The van der Waals surface area contributed by atoms with E-state index >= 15 is 0 Å². The lowest BCUT2D eigenvalue weighted by Gasteiger charge is -2.09. The molecule has 0 radical (unpaired) electrons. The van der Waals surface area contributed by atoms with Crippen molar-refractivity contribution in [2.75, 3.05) is 14.2 Å². The number of aryl methyl sites for hydroxylation is 1. The number of ether oxygens (including phenoxy) is 3. The number of allylic oxidation sites excluding steroid dienone is 1. The van der Waals surface area contributed by atoms with Gasteiger partial charge in [-0.15, -0.1) is 0 Å². The summed E-state index contributed by atoms with van der Waals surface area (Å²) >= 11 is 0.